The molecule has 0 spiro atoms. The Balaban J connectivity index is 2.00. The van der Waals surface area contributed by atoms with Gasteiger partial charge in [0.1, 0.15) is 6.67 Å². The Morgan fingerprint density at radius 2 is 1.91 bits per heavy atom. The molecule has 3 nitrogen and oxygen atoms in total. The van der Waals surface area contributed by atoms with Crippen LogP contribution in [0.15, 0.2) is 29.4 Å². The predicted molar refractivity (Wildman–Crippen MR) is 91.0 cm³/mol. The van der Waals surface area contributed by atoms with Crippen molar-refractivity contribution in [1.82, 2.24) is 5.01 Å². The summed E-state index contributed by atoms with van der Waals surface area (Å²) in [6.07, 6.45) is 1.68. The van der Waals surface area contributed by atoms with Crippen molar-refractivity contribution in [2.24, 2.45) is 11.0 Å². The van der Waals surface area contributed by atoms with Crippen LogP contribution in [-0.2, 0) is 16.0 Å². The second kappa shape index (κ2) is 6.82. The molecule has 0 aliphatic carbocycles. The van der Waals surface area contributed by atoms with E-state index in [0.29, 0.717) is 0 Å². The second-order valence-electron chi connectivity index (χ2n) is 6.61. The number of carbonyl (C=O) groups excluding carboxylic acids is 1. The normalized spacial score (nSPS) is 22.2. The molecule has 0 radical (unpaired) electrons. The number of amides is 1. The fraction of sp³-hybridized carbons (Fsp3) is 0.529. The van der Waals surface area contributed by atoms with Crippen LogP contribution >= 0.6 is 11.8 Å². The lowest BCUT2D eigenvalue weighted by molar-refractivity contribution is -0.134. The van der Waals surface area contributed by atoms with Gasteiger partial charge in [0.15, 0.2) is 0 Å². The minimum atomic E-state index is -0.643. The second-order valence-corrected chi connectivity index (χ2v) is 7.78. The first-order valence-corrected chi connectivity index (χ1v) is 8.46. The summed E-state index contributed by atoms with van der Waals surface area (Å²) in [6.45, 7) is 5.91. The first kappa shape index (κ1) is 17.0. The zero-order chi connectivity index (χ0) is 16.3. The fourth-order valence-electron chi connectivity index (χ4n) is 2.31. The van der Waals surface area contributed by atoms with Gasteiger partial charge in [-0.25, -0.2) is 5.01 Å². The molecule has 0 fully saturated rings. The molecule has 1 aromatic rings. The smallest absolute Gasteiger partial charge is 0.249 e. The highest BCUT2D eigenvalue weighted by atomic mass is 32.2. The summed E-state index contributed by atoms with van der Waals surface area (Å²) in [7, 11) is 1.56. The third kappa shape index (κ3) is 3.88. The van der Waals surface area contributed by atoms with Gasteiger partial charge in [-0.3, -0.25) is 9.18 Å². The average Bonchev–Trinajstić information content (AvgIpc) is 2.48. The highest BCUT2D eigenvalue weighted by Gasteiger charge is 2.33. The number of nitrogens with zero attached hydrogens (tertiary/aromatic N) is 2. The van der Waals surface area contributed by atoms with Crippen LogP contribution in [0.1, 0.15) is 31.9 Å². The van der Waals surface area contributed by atoms with Crippen molar-refractivity contribution in [2.45, 2.75) is 37.2 Å². The number of hydrogen-bond donors (Lipinski definition) is 0. The number of hydrogen-bond acceptors (Lipinski definition) is 3. The molecule has 0 bridgehead atoms. The molecule has 2 rings (SSSR count). The lowest BCUT2D eigenvalue weighted by Crippen LogP contribution is -2.41. The number of hydrazone groups is 1. The van der Waals surface area contributed by atoms with E-state index in [-0.39, 0.29) is 16.6 Å². The lowest BCUT2D eigenvalue weighted by Gasteiger charge is -2.27. The Kier molecular flexibility index (Phi) is 5.27. The van der Waals surface area contributed by atoms with Gasteiger partial charge in [-0.05, 0) is 16.5 Å². The van der Waals surface area contributed by atoms with E-state index < -0.39 is 12.6 Å². The van der Waals surface area contributed by atoms with E-state index >= 15 is 0 Å². The van der Waals surface area contributed by atoms with Crippen LogP contribution in [-0.4, -0.2) is 36.1 Å². The van der Waals surface area contributed by atoms with Crippen LogP contribution in [0.3, 0.4) is 0 Å². The molecule has 0 saturated carbocycles. The summed E-state index contributed by atoms with van der Waals surface area (Å²) in [5, 5.41) is 5.04. The third-order valence-electron chi connectivity index (χ3n) is 3.85. The number of benzene rings is 1. The third-order valence-corrected chi connectivity index (χ3v) is 5.18. The fourth-order valence-corrected chi connectivity index (χ4v) is 3.45. The van der Waals surface area contributed by atoms with Gasteiger partial charge >= 0.3 is 0 Å². The number of rotatable bonds is 4. The Labute approximate surface area is 136 Å². The Morgan fingerprint density at radius 3 is 2.45 bits per heavy atom. The minimum Gasteiger partial charge on any atom is -0.272 e. The van der Waals surface area contributed by atoms with Crippen LogP contribution in [0.5, 0.6) is 0 Å². The van der Waals surface area contributed by atoms with E-state index in [9.17, 15) is 9.18 Å². The maximum atomic E-state index is 13.1. The number of alkyl halides is 1. The number of thioether (sulfide) groups is 1. The van der Waals surface area contributed by atoms with E-state index in [1.807, 2.05) is 0 Å². The maximum absolute atomic E-state index is 13.1. The first-order valence-electron chi connectivity index (χ1n) is 7.41. The van der Waals surface area contributed by atoms with Crippen LogP contribution < -0.4 is 0 Å². The van der Waals surface area contributed by atoms with E-state index in [2.05, 4.69) is 50.1 Å². The molecule has 120 valence electrons. The van der Waals surface area contributed by atoms with Gasteiger partial charge in [-0.1, -0.05) is 45.0 Å². The van der Waals surface area contributed by atoms with Crippen LogP contribution in [0, 0.1) is 5.92 Å². The van der Waals surface area contributed by atoms with Crippen LogP contribution in [0.2, 0.25) is 0 Å². The van der Waals surface area contributed by atoms with Gasteiger partial charge in [0.25, 0.3) is 0 Å². The Hall–Kier alpha value is -1.36. The van der Waals surface area contributed by atoms with Crippen LogP contribution in [0.25, 0.3) is 0 Å². The van der Waals surface area contributed by atoms with Gasteiger partial charge in [0.2, 0.25) is 5.91 Å². The van der Waals surface area contributed by atoms with Crippen molar-refractivity contribution in [3.8, 4) is 0 Å². The van der Waals surface area contributed by atoms with Crippen molar-refractivity contribution < 1.29 is 9.18 Å². The maximum Gasteiger partial charge on any atom is 0.249 e. The topological polar surface area (TPSA) is 32.7 Å². The number of halogens is 1. The first-order chi connectivity index (χ1) is 10.3. The highest BCUT2D eigenvalue weighted by Crippen LogP contribution is 2.28. The molecule has 0 saturated heterocycles. The summed E-state index contributed by atoms with van der Waals surface area (Å²) in [5.74, 6) is -0.124. The zero-order valence-corrected chi connectivity index (χ0v) is 14.4. The molecule has 1 aliphatic rings. The Bertz CT molecular complexity index is 551. The summed E-state index contributed by atoms with van der Waals surface area (Å²) >= 11 is 1.57. The van der Waals surface area contributed by atoms with E-state index in [1.54, 1.807) is 25.0 Å². The van der Waals surface area contributed by atoms with Crippen molar-refractivity contribution in [1.29, 1.82) is 0 Å². The van der Waals surface area contributed by atoms with Gasteiger partial charge in [0, 0.05) is 19.0 Å². The molecular formula is C17H23FN2OS. The molecule has 5 heteroatoms. The monoisotopic (exact) mass is 321 g/mol. The van der Waals surface area contributed by atoms with Crippen molar-refractivity contribution in [3.05, 3.63) is 35.4 Å². The SMILES string of the molecule is CN1N=CC(SCc2ccc(C(C)(C)C)cc2)C(C[18F])C1=O. The summed E-state index contributed by atoms with van der Waals surface area (Å²) in [5.41, 5.74) is 2.60. The molecule has 0 N–H and O–H groups in total. The summed E-state index contributed by atoms with van der Waals surface area (Å²) in [4.78, 5) is 11.9. The molecule has 1 amide bonds. The molecule has 1 aliphatic heterocycles. The van der Waals surface area contributed by atoms with Crippen molar-refractivity contribution in [2.75, 3.05) is 13.7 Å². The van der Waals surface area contributed by atoms with E-state index in [4.69, 9.17) is 0 Å². The average molecular weight is 321 g/mol. The molecular weight excluding hydrogens is 298 g/mol. The largest absolute Gasteiger partial charge is 0.272 e. The highest BCUT2D eigenvalue weighted by molar-refractivity contribution is 7.99. The van der Waals surface area contributed by atoms with Gasteiger partial charge in [-0.15, -0.1) is 11.8 Å². The zero-order valence-electron chi connectivity index (χ0n) is 13.5. The Morgan fingerprint density at radius 1 is 1.27 bits per heavy atom. The quantitative estimate of drug-likeness (QED) is 0.848. The molecule has 1 aromatic carbocycles. The summed E-state index contributed by atoms with van der Waals surface area (Å²) in [6, 6.07) is 8.48. The standard InChI is InChI=1S/C17H23FN2OS/c1-17(2,3)13-7-5-12(6-8-13)11-22-15-10-19-20(4)16(21)14(15)9-18/h5-8,10,14-15H,9,11H2,1-4H3/i18-1. The van der Waals surface area contributed by atoms with E-state index in [1.165, 1.54) is 16.1 Å². The summed E-state index contributed by atoms with van der Waals surface area (Å²) < 4.78 is 13.1. The molecule has 1 heterocycles. The van der Waals surface area contributed by atoms with Crippen molar-refractivity contribution >= 4 is 23.9 Å². The van der Waals surface area contributed by atoms with Crippen LogP contribution in [0.4, 0.5) is 4.39 Å². The molecule has 22 heavy (non-hydrogen) atoms. The van der Waals surface area contributed by atoms with Gasteiger partial charge in [0.05, 0.1) is 11.2 Å². The van der Waals surface area contributed by atoms with E-state index in [0.717, 1.165) is 5.75 Å². The lowest BCUT2D eigenvalue weighted by atomic mass is 9.87. The minimum absolute atomic E-state index is 0.137. The molecule has 2 unspecified atom stereocenters. The van der Waals surface area contributed by atoms with Gasteiger partial charge < -0.3 is 0 Å². The van der Waals surface area contributed by atoms with Crippen molar-refractivity contribution in [3.63, 3.8) is 0 Å². The van der Waals surface area contributed by atoms with Gasteiger partial charge in [-0.2, -0.15) is 5.10 Å². The molecule has 0 aromatic heterocycles. The molecule has 2 atom stereocenters. The predicted octanol–water partition coefficient (Wildman–Crippen LogP) is 3.63. The number of carbonyl (C=O) groups is 1.